The van der Waals surface area contributed by atoms with Crippen LogP contribution in [0.5, 0.6) is 5.75 Å². The second-order valence-electron chi connectivity index (χ2n) is 10.4. The number of carboxylic acid groups (broad SMARTS) is 1. The molecular weight excluding hydrogens is 494 g/mol. The molecule has 0 unspecified atom stereocenters. The lowest BCUT2D eigenvalue weighted by Crippen LogP contribution is -2.55. The van der Waals surface area contributed by atoms with Crippen LogP contribution in [0.4, 0.5) is 0 Å². The number of para-hydroxylation sites is 1. The van der Waals surface area contributed by atoms with Crippen LogP contribution in [-0.2, 0) is 25.7 Å². The Morgan fingerprint density at radius 2 is 1.84 bits per heavy atom. The molecule has 1 aliphatic carbocycles. The molecule has 1 saturated carbocycles. The number of carbonyl (C=O) groups is 3. The largest absolute Gasteiger partial charge is 0.493 e. The Kier molecular flexibility index (Phi) is 7.56. The van der Waals surface area contributed by atoms with E-state index >= 15 is 0 Å². The first-order chi connectivity index (χ1) is 18.3. The van der Waals surface area contributed by atoms with E-state index in [1.807, 2.05) is 18.2 Å². The number of aliphatic hydroxyl groups excluding tert-OH is 1. The van der Waals surface area contributed by atoms with Crippen molar-refractivity contribution in [3.05, 3.63) is 54.0 Å². The second kappa shape index (κ2) is 10.9. The summed E-state index contributed by atoms with van der Waals surface area (Å²) in [4.78, 5) is 39.0. The average Bonchev–Trinajstić information content (AvgIpc) is 3.58. The van der Waals surface area contributed by atoms with Gasteiger partial charge in [-0.1, -0.05) is 24.6 Å². The average molecular weight is 528 g/mol. The summed E-state index contributed by atoms with van der Waals surface area (Å²) < 4.78 is 17.9. The summed E-state index contributed by atoms with van der Waals surface area (Å²) in [6, 6.07) is 12.5. The number of carbonyl (C=O) groups excluding carboxylic acids is 2. The molecular formula is C28H33NO9. The Hall–Kier alpha value is -3.21. The standard InChI is InChI=1S/C28H33NO9/c30-15-19-10-11-22(37-19)23-14-21-25-20(26(33)29(27(25)34)12-6-2-5-9-24(31)32)13-17(28(21,35)38-23)16-36-18-7-3-1-4-8-18/h1,3-4,7-8,10-11,17,20-21,23,25,30,35H,2,5-6,9,12-16H2,(H,31,32)/t17-,20+,21+,23+,25+,28-/m1/s1. The number of furan rings is 1. The number of nitrogens with zero attached hydrogens (tertiary/aromatic N) is 1. The van der Waals surface area contributed by atoms with E-state index in [9.17, 15) is 24.6 Å². The number of hydrogen-bond donors (Lipinski definition) is 3. The third kappa shape index (κ3) is 4.95. The smallest absolute Gasteiger partial charge is 0.303 e. The van der Waals surface area contributed by atoms with Crippen molar-refractivity contribution in [3.63, 3.8) is 0 Å². The summed E-state index contributed by atoms with van der Waals surface area (Å²) in [5.74, 6) is -4.24. The van der Waals surface area contributed by atoms with E-state index in [2.05, 4.69) is 0 Å². The molecule has 0 bridgehead atoms. The molecule has 0 radical (unpaired) electrons. The van der Waals surface area contributed by atoms with Crippen LogP contribution in [0.3, 0.4) is 0 Å². The maximum atomic E-state index is 13.5. The molecule has 2 aromatic rings. The lowest BCUT2D eigenvalue weighted by Gasteiger charge is -2.44. The molecule has 3 heterocycles. The first-order valence-electron chi connectivity index (χ1n) is 13.2. The number of carboxylic acids is 1. The highest BCUT2D eigenvalue weighted by Crippen LogP contribution is 2.58. The van der Waals surface area contributed by atoms with E-state index < -0.39 is 41.5 Å². The van der Waals surface area contributed by atoms with Crippen LogP contribution in [-0.4, -0.2) is 56.9 Å². The number of amides is 2. The minimum atomic E-state index is -1.71. The summed E-state index contributed by atoms with van der Waals surface area (Å²) in [5.41, 5.74) is 0. The number of fused-ring (bicyclic) bond motifs is 3. The van der Waals surface area contributed by atoms with Crippen LogP contribution in [0, 0.1) is 23.7 Å². The van der Waals surface area contributed by atoms with E-state index in [1.54, 1.807) is 24.3 Å². The number of imide groups is 1. The van der Waals surface area contributed by atoms with Gasteiger partial charge < -0.3 is 29.2 Å². The van der Waals surface area contributed by atoms with Gasteiger partial charge in [-0.15, -0.1) is 0 Å². The first kappa shape index (κ1) is 26.4. The van der Waals surface area contributed by atoms with Crippen LogP contribution in [0.25, 0.3) is 0 Å². The van der Waals surface area contributed by atoms with E-state index in [-0.39, 0.29) is 50.8 Å². The van der Waals surface area contributed by atoms with Crippen LogP contribution in [0.15, 0.2) is 46.9 Å². The van der Waals surface area contributed by atoms with E-state index in [4.69, 9.17) is 19.0 Å². The SMILES string of the molecule is O=C(O)CCCCCN1C(=O)[C@H]2[C@H](C[C@H](COc3ccccc3)[C@@]3(O)O[C@H](c4ccc(CO)o4)C[C@@H]23)C1=O. The molecule has 0 spiro atoms. The molecule has 2 amide bonds. The molecule has 5 rings (SSSR count). The number of rotatable bonds is 11. The number of likely N-dealkylation sites (tertiary alicyclic amines) is 1. The minimum Gasteiger partial charge on any atom is -0.493 e. The number of unbranched alkanes of at least 4 members (excludes halogenated alkanes) is 2. The Balaban J connectivity index is 1.37. The van der Waals surface area contributed by atoms with Gasteiger partial charge in [0.2, 0.25) is 11.8 Å². The maximum Gasteiger partial charge on any atom is 0.303 e. The van der Waals surface area contributed by atoms with Gasteiger partial charge in [-0.25, -0.2) is 0 Å². The predicted molar refractivity (Wildman–Crippen MR) is 131 cm³/mol. The van der Waals surface area contributed by atoms with Gasteiger partial charge in [0.05, 0.1) is 18.4 Å². The second-order valence-corrected chi connectivity index (χ2v) is 10.4. The van der Waals surface area contributed by atoms with Crippen molar-refractivity contribution >= 4 is 17.8 Å². The van der Waals surface area contributed by atoms with Crippen molar-refractivity contribution in [1.82, 2.24) is 4.90 Å². The van der Waals surface area contributed by atoms with Crippen molar-refractivity contribution in [2.75, 3.05) is 13.2 Å². The Morgan fingerprint density at radius 3 is 2.55 bits per heavy atom. The summed E-state index contributed by atoms with van der Waals surface area (Å²) in [6.07, 6.45) is 1.52. The van der Waals surface area contributed by atoms with E-state index in [0.717, 1.165) is 0 Å². The molecule has 1 aromatic heterocycles. The molecule has 10 heteroatoms. The third-order valence-corrected chi connectivity index (χ3v) is 8.08. The summed E-state index contributed by atoms with van der Waals surface area (Å²) in [7, 11) is 0. The molecule has 38 heavy (non-hydrogen) atoms. The number of benzene rings is 1. The molecule has 1 aromatic carbocycles. The number of hydrogen-bond acceptors (Lipinski definition) is 8. The maximum absolute atomic E-state index is 13.5. The Bertz CT molecular complexity index is 1160. The van der Waals surface area contributed by atoms with E-state index in [1.165, 1.54) is 4.90 Å². The van der Waals surface area contributed by atoms with Crippen molar-refractivity contribution in [2.24, 2.45) is 23.7 Å². The highest BCUT2D eigenvalue weighted by atomic mass is 16.6. The zero-order valence-electron chi connectivity index (χ0n) is 21.0. The van der Waals surface area contributed by atoms with Crippen LogP contribution < -0.4 is 4.74 Å². The summed E-state index contributed by atoms with van der Waals surface area (Å²) in [6.45, 7) is 0.0552. The van der Waals surface area contributed by atoms with E-state index in [0.29, 0.717) is 36.5 Å². The molecule has 6 atom stereocenters. The summed E-state index contributed by atoms with van der Waals surface area (Å²) >= 11 is 0. The highest BCUT2D eigenvalue weighted by molar-refractivity contribution is 6.05. The fraction of sp³-hybridized carbons (Fsp3) is 0.536. The molecule has 2 saturated heterocycles. The highest BCUT2D eigenvalue weighted by Gasteiger charge is 2.67. The van der Waals surface area contributed by atoms with Gasteiger partial charge in [0.25, 0.3) is 0 Å². The van der Waals surface area contributed by atoms with Gasteiger partial charge >= 0.3 is 5.97 Å². The van der Waals surface area contributed by atoms with Gasteiger partial charge in [-0.2, -0.15) is 0 Å². The quantitative estimate of drug-likeness (QED) is 0.296. The molecule has 3 aliphatic rings. The van der Waals surface area contributed by atoms with Crippen LogP contribution >= 0.6 is 0 Å². The topological polar surface area (TPSA) is 147 Å². The molecule has 2 aliphatic heterocycles. The van der Waals surface area contributed by atoms with Crippen molar-refractivity contribution in [2.45, 2.75) is 57.0 Å². The zero-order chi connectivity index (χ0) is 26.9. The minimum absolute atomic E-state index is 0.0504. The lowest BCUT2D eigenvalue weighted by molar-refractivity contribution is -0.274. The number of aliphatic hydroxyl groups is 2. The Labute approximate surface area is 220 Å². The van der Waals surface area contributed by atoms with Gasteiger partial charge in [-0.3, -0.25) is 19.3 Å². The molecule has 3 fully saturated rings. The third-order valence-electron chi connectivity index (χ3n) is 8.08. The number of ether oxygens (including phenoxy) is 2. The van der Waals surface area contributed by atoms with Crippen molar-refractivity contribution < 1.29 is 43.6 Å². The number of aliphatic carboxylic acids is 1. The predicted octanol–water partition coefficient (Wildman–Crippen LogP) is 2.88. The fourth-order valence-electron chi connectivity index (χ4n) is 6.23. The monoisotopic (exact) mass is 527 g/mol. The fourth-order valence-corrected chi connectivity index (χ4v) is 6.23. The molecule has 10 nitrogen and oxygen atoms in total. The normalized spacial score (nSPS) is 30.4. The van der Waals surface area contributed by atoms with Gasteiger partial charge in [0.1, 0.15) is 30.0 Å². The van der Waals surface area contributed by atoms with Crippen LogP contribution in [0.2, 0.25) is 0 Å². The lowest BCUT2D eigenvalue weighted by atomic mass is 9.64. The Morgan fingerprint density at radius 1 is 1.05 bits per heavy atom. The van der Waals surface area contributed by atoms with Gasteiger partial charge in [0, 0.05) is 24.8 Å². The first-order valence-corrected chi connectivity index (χ1v) is 13.2. The van der Waals surface area contributed by atoms with Gasteiger partial charge in [0.15, 0.2) is 5.79 Å². The van der Waals surface area contributed by atoms with Crippen molar-refractivity contribution in [1.29, 1.82) is 0 Å². The summed E-state index contributed by atoms with van der Waals surface area (Å²) in [5, 5.41) is 30.2. The van der Waals surface area contributed by atoms with Crippen LogP contribution in [0.1, 0.15) is 56.1 Å². The molecule has 204 valence electrons. The zero-order valence-corrected chi connectivity index (χ0v) is 21.0. The molecule has 3 N–H and O–H groups in total. The van der Waals surface area contributed by atoms with Gasteiger partial charge in [-0.05, 0) is 49.9 Å². The van der Waals surface area contributed by atoms with Crippen molar-refractivity contribution in [3.8, 4) is 5.75 Å².